The first-order valence-corrected chi connectivity index (χ1v) is 4.20. The van der Waals surface area contributed by atoms with Gasteiger partial charge in [-0.25, -0.2) is 0 Å². The standard InChI is InChI=1S/C8H9N3OS/c9-6-3-1-2-4-7(6)11-10-5-8(13)12-11/h1-5,10,13H,9H2. The van der Waals surface area contributed by atoms with E-state index in [0.29, 0.717) is 10.8 Å². The summed E-state index contributed by atoms with van der Waals surface area (Å²) in [6.45, 7) is 0. The van der Waals surface area contributed by atoms with Gasteiger partial charge in [0.25, 0.3) is 0 Å². The topological polar surface area (TPSA) is 50.5 Å². The van der Waals surface area contributed by atoms with E-state index in [2.05, 4.69) is 18.1 Å². The zero-order chi connectivity index (χ0) is 9.26. The van der Waals surface area contributed by atoms with Crippen LogP contribution in [0, 0.1) is 0 Å². The molecule has 0 fully saturated rings. The molecule has 1 aromatic rings. The third-order valence-corrected chi connectivity index (χ3v) is 1.86. The molecule has 0 saturated carbocycles. The second-order valence-corrected chi connectivity index (χ2v) is 3.00. The number of nitrogens with one attached hydrogen (secondary N) is 1. The lowest BCUT2D eigenvalue weighted by atomic mass is 10.3. The van der Waals surface area contributed by atoms with E-state index < -0.39 is 0 Å². The fraction of sp³-hybridized carbons (Fsp3) is 0. The fourth-order valence-electron chi connectivity index (χ4n) is 1.05. The predicted molar refractivity (Wildman–Crippen MR) is 54.6 cm³/mol. The summed E-state index contributed by atoms with van der Waals surface area (Å²) in [5.41, 5.74) is 10.0. The van der Waals surface area contributed by atoms with Crippen LogP contribution in [0.5, 0.6) is 0 Å². The van der Waals surface area contributed by atoms with Gasteiger partial charge in [-0.2, -0.15) is 0 Å². The van der Waals surface area contributed by atoms with E-state index in [0.717, 1.165) is 5.69 Å². The first-order chi connectivity index (χ1) is 6.27. The maximum absolute atomic E-state index is 5.74. The van der Waals surface area contributed by atoms with Crippen molar-refractivity contribution in [3.05, 3.63) is 35.6 Å². The van der Waals surface area contributed by atoms with E-state index in [1.807, 2.05) is 18.2 Å². The quantitative estimate of drug-likeness (QED) is 0.466. The lowest BCUT2D eigenvalue weighted by Gasteiger charge is -2.18. The zero-order valence-corrected chi connectivity index (χ0v) is 7.66. The smallest absolute Gasteiger partial charge is 0.205 e. The molecule has 0 saturated heterocycles. The summed E-state index contributed by atoms with van der Waals surface area (Å²) in [6, 6.07) is 7.40. The van der Waals surface area contributed by atoms with E-state index in [1.54, 1.807) is 12.3 Å². The Labute approximate surface area is 81.3 Å². The van der Waals surface area contributed by atoms with Crippen LogP contribution >= 0.6 is 12.6 Å². The van der Waals surface area contributed by atoms with E-state index in [-0.39, 0.29) is 0 Å². The molecule has 0 atom stereocenters. The minimum Gasteiger partial charge on any atom is -0.397 e. The van der Waals surface area contributed by atoms with Gasteiger partial charge in [-0.1, -0.05) is 12.1 Å². The Morgan fingerprint density at radius 1 is 1.38 bits per heavy atom. The van der Waals surface area contributed by atoms with Gasteiger partial charge >= 0.3 is 0 Å². The Bertz CT molecular complexity index is 353. The molecule has 68 valence electrons. The summed E-state index contributed by atoms with van der Waals surface area (Å²) in [7, 11) is 0. The maximum Gasteiger partial charge on any atom is 0.205 e. The van der Waals surface area contributed by atoms with Crippen LogP contribution in [0.25, 0.3) is 0 Å². The third-order valence-electron chi connectivity index (χ3n) is 1.65. The number of hydrazine groups is 1. The average Bonchev–Trinajstić information content (AvgIpc) is 2.53. The number of nitrogen functional groups attached to an aromatic ring is 1. The fourth-order valence-corrected chi connectivity index (χ4v) is 1.19. The van der Waals surface area contributed by atoms with E-state index in [4.69, 9.17) is 10.6 Å². The van der Waals surface area contributed by atoms with Crippen LogP contribution in [0.1, 0.15) is 0 Å². The highest BCUT2D eigenvalue weighted by Crippen LogP contribution is 2.25. The van der Waals surface area contributed by atoms with Gasteiger partial charge in [0.05, 0.1) is 11.9 Å². The SMILES string of the molecule is Nc1ccccc1N1NC=C(S)O1. The molecule has 5 heteroatoms. The first kappa shape index (κ1) is 8.12. The molecule has 1 heterocycles. The summed E-state index contributed by atoms with van der Waals surface area (Å²) < 4.78 is 0. The summed E-state index contributed by atoms with van der Waals surface area (Å²) >= 11 is 4.03. The molecule has 13 heavy (non-hydrogen) atoms. The van der Waals surface area contributed by atoms with Crippen molar-refractivity contribution in [2.45, 2.75) is 0 Å². The molecule has 3 N–H and O–H groups in total. The highest BCUT2D eigenvalue weighted by molar-refractivity contribution is 7.84. The van der Waals surface area contributed by atoms with Crippen molar-refractivity contribution in [2.24, 2.45) is 0 Å². The monoisotopic (exact) mass is 195 g/mol. The van der Waals surface area contributed by atoms with Gasteiger partial charge in [0.1, 0.15) is 5.69 Å². The van der Waals surface area contributed by atoms with Crippen LogP contribution < -0.4 is 16.3 Å². The van der Waals surface area contributed by atoms with E-state index in [9.17, 15) is 0 Å². The molecule has 0 aromatic heterocycles. The van der Waals surface area contributed by atoms with Gasteiger partial charge in [-0.3, -0.25) is 5.43 Å². The number of hydrogen-bond donors (Lipinski definition) is 3. The van der Waals surface area contributed by atoms with Crippen molar-refractivity contribution in [1.82, 2.24) is 5.43 Å². The summed E-state index contributed by atoms with van der Waals surface area (Å²) in [4.78, 5) is 5.20. The number of nitrogens with two attached hydrogens (primary N) is 1. The molecular weight excluding hydrogens is 186 g/mol. The summed E-state index contributed by atoms with van der Waals surface area (Å²) in [6.07, 6.45) is 1.63. The number of thiol groups is 1. The average molecular weight is 195 g/mol. The highest BCUT2D eigenvalue weighted by atomic mass is 32.1. The Balaban J connectivity index is 2.23. The van der Waals surface area contributed by atoms with Crippen LogP contribution in [-0.2, 0) is 4.84 Å². The first-order valence-electron chi connectivity index (χ1n) is 3.75. The Kier molecular flexibility index (Phi) is 1.94. The van der Waals surface area contributed by atoms with Crippen molar-refractivity contribution in [3.8, 4) is 0 Å². The summed E-state index contributed by atoms with van der Waals surface area (Å²) in [5, 5.41) is 1.96. The molecule has 1 aliphatic rings. The normalized spacial score (nSPS) is 14.8. The Morgan fingerprint density at radius 3 is 2.77 bits per heavy atom. The van der Waals surface area contributed by atoms with Crippen molar-refractivity contribution < 1.29 is 4.84 Å². The second-order valence-electron chi connectivity index (χ2n) is 2.56. The van der Waals surface area contributed by atoms with Gasteiger partial charge in [-0.05, 0) is 12.1 Å². The molecule has 1 aliphatic heterocycles. The molecule has 0 unspecified atom stereocenters. The minimum atomic E-state index is 0.503. The molecule has 0 spiro atoms. The zero-order valence-electron chi connectivity index (χ0n) is 6.77. The number of hydrogen-bond acceptors (Lipinski definition) is 5. The molecule has 0 amide bonds. The van der Waals surface area contributed by atoms with Crippen molar-refractivity contribution in [2.75, 3.05) is 10.9 Å². The lowest BCUT2D eigenvalue weighted by molar-refractivity contribution is 0.214. The minimum absolute atomic E-state index is 0.503. The number of para-hydroxylation sites is 2. The lowest BCUT2D eigenvalue weighted by Crippen LogP contribution is -2.28. The van der Waals surface area contributed by atoms with Gasteiger partial charge in [0.15, 0.2) is 0 Å². The molecule has 4 nitrogen and oxygen atoms in total. The third kappa shape index (κ3) is 1.50. The van der Waals surface area contributed by atoms with Crippen molar-refractivity contribution in [3.63, 3.8) is 0 Å². The van der Waals surface area contributed by atoms with E-state index in [1.165, 1.54) is 5.17 Å². The molecule has 2 rings (SSSR count). The highest BCUT2D eigenvalue weighted by Gasteiger charge is 2.15. The van der Waals surface area contributed by atoms with Crippen molar-refractivity contribution in [1.29, 1.82) is 0 Å². The van der Waals surface area contributed by atoms with Crippen LogP contribution in [0.3, 0.4) is 0 Å². The summed E-state index contributed by atoms with van der Waals surface area (Å²) in [5.74, 6) is 0. The Hall–Kier alpha value is -1.49. The number of anilines is 2. The Morgan fingerprint density at radius 2 is 2.15 bits per heavy atom. The maximum atomic E-state index is 5.74. The van der Waals surface area contributed by atoms with Crippen LogP contribution in [0.15, 0.2) is 35.6 Å². The van der Waals surface area contributed by atoms with Gasteiger partial charge in [0.2, 0.25) is 5.09 Å². The van der Waals surface area contributed by atoms with Crippen LogP contribution in [0.4, 0.5) is 11.4 Å². The van der Waals surface area contributed by atoms with Crippen molar-refractivity contribution >= 4 is 24.0 Å². The van der Waals surface area contributed by atoms with Crippen LogP contribution in [-0.4, -0.2) is 0 Å². The van der Waals surface area contributed by atoms with E-state index >= 15 is 0 Å². The molecule has 0 bridgehead atoms. The number of benzene rings is 1. The number of rotatable bonds is 1. The predicted octanol–water partition coefficient (Wildman–Crippen LogP) is 1.25. The van der Waals surface area contributed by atoms with Crippen LogP contribution in [0.2, 0.25) is 0 Å². The largest absolute Gasteiger partial charge is 0.397 e. The molecule has 0 aliphatic carbocycles. The number of nitrogens with zero attached hydrogens (tertiary/aromatic N) is 1. The second kappa shape index (κ2) is 3.10. The molecule has 1 aromatic carbocycles. The molecular formula is C8H9N3OS. The van der Waals surface area contributed by atoms with Gasteiger partial charge in [-0.15, -0.1) is 17.8 Å². The van der Waals surface area contributed by atoms with Gasteiger partial charge < -0.3 is 10.6 Å². The van der Waals surface area contributed by atoms with Gasteiger partial charge in [0, 0.05) is 0 Å². The molecule has 0 radical (unpaired) electrons.